The van der Waals surface area contributed by atoms with Crippen LogP contribution in [0.3, 0.4) is 0 Å². The van der Waals surface area contributed by atoms with Crippen molar-refractivity contribution < 1.29 is 43.0 Å². The van der Waals surface area contributed by atoms with E-state index in [4.69, 9.17) is 23.6 Å². The van der Waals surface area contributed by atoms with E-state index in [-0.39, 0.29) is 19.6 Å². The number of carbonyl (C=O) groups excluding carboxylic acids is 1. The molecule has 0 spiro atoms. The Morgan fingerprint density at radius 1 is 0.582 bits per heavy atom. The highest BCUT2D eigenvalue weighted by atomic mass is 31.2. The van der Waals surface area contributed by atoms with Gasteiger partial charge in [-0.2, -0.15) is 0 Å². The van der Waals surface area contributed by atoms with E-state index in [9.17, 15) is 19.4 Å². The van der Waals surface area contributed by atoms with Crippen LogP contribution in [0.1, 0.15) is 174 Å². The average molecular weight is 797 g/mol. The molecular weight excluding hydrogens is 715 g/mol. The third-order valence-electron chi connectivity index (χ3n) is 8.97. The van der Waals surface area contributed by atoms with Crippen molar-refractivity contribution in [3.8, 4) is 0 Å². The van der Waals surface area contributed by atoms with Crippen LogP contribution in [0.2, 0.25) is 0 Å². The first-order chi connectivity index (χ1) is 26.8. The van der Waals surface area contributed by atoms with E-state index in [1.807, 2.05) is 0 Å². The number of carbonyl (C=O) groups is 1. The fourth-order valence-corrected chi connectivity index (χ4v) is 6.47. The quantitative estimate of drug-likeness (QED) is 0.0239. The van der Waals surface area contributed by atoms with E-state index in [1.165, 1.54) is 70.6 Å². The summed E-state index contributed by atoms with van der Waals surface area (Å²) in [6.07, 6.45) is 47.5. The smallest absolute Gasteiger partial charge is 0.457 e. The molecule has 0 bridgehead atoms. The molecule has 0 fully saturated rings. The number of unbranched alkanes of at least 4 members (excludes halogenated alkanes) is 17. The maximum absolute atomic E-state index is 12.6. The van der Waals surface area contributed by atoms with Gasteiger partial charge in [-0.15, -0.1) is 0 Å². The minimum Gasteiger partial charge on any atom is -0.457 e. The molecule has 3 atom stereocenters. The number of ether oxygens (including phenoxy) is 2. The van der Waals surface area contributed by atoms with E-state index >= 15 is 0 Å². The minimum atomic E-state index is -4.52. The van der Waals surface area contributed by atoms with E-state index in [0.29, 0.717) is 6.61 Å². The van der Waals surface area contributed by atoms with Crippen LogP contribution in [-0.2, 0) is 27.9 Å². The maximum Gasteiger partial charge on any atom is 0.472 e. The molecule has 9 nitrogen and oxygen atoms in total. The molecule has 0 radical (unpaired) electrons. The highest BCUT2D eigenvalue weighted by Crippen LogP contribution is 2.43. The number of hydrogen-bond donors (Lipinski definition) is 3. The van der Waals surface area contributed by atoms with Gasteiger partial charge < -0.3 is 24.6 Å². The van der Waals surface area contributed by atoms with Gasteiger partial charge in [0, 0.05) is 13.0 Å². The summed E-state index contributed by atoms with van der Waals surface area (Å²) in [6, 6.07) is 0. The fraction of sp³-hybridized carbons (Fsp3) is 0.756. The largest absolute Gasteiger partial charge is 0.472 e. The lowest BCUT2D eigenvalue weighted by molar-refractivity contribution is -0.154. The van der Waals surface area contributed by atoms with Crippen molar-refractivity contribution in [3.05, 3.63) is 60.8 Å². The monoisotopic (exact) mass is 797 g/mol. The number of phosphoric acid groups is 1. The van der Waals surface area contributed by atoms with Crippen molar-refractivity contribution in [1.82, 2.24) is 0 Å². The molecule has 10 heteroatoms. The summed E-state index contributed by atoms with van der Waals surface area (Å²) in [6.45, 7) is 3.34. The van der Waals surface area contributed by atoms with Gasteiger partial charge in [-0.3, -0.25) is 13.8 Å². The van der Waals surface area contributed by atoms with Crippen LogP contribution in [0.4, 0.5) is 0 Å². The molecule has 3 unspecified atom stereocenters. The molecule has 0 rings (SSSR count). The summed E-state index contributed by atoms with van der Waals surface area (Å²) in [5.74, 6) is -0.393. The maximum atomic E-state index is 12.6. The van der Waals surface area contributed by atoms with Gasteiger partial charge in [0.2, 0.25) is 0 Å². The van der Waals surface area contributed by atoms with Crippen molar-refractivity contribution in [1.29, 1.82) is 0 Å². The second-order valence-corrected chi connectivity index (χ2v) is 15.8. The topological polar surface area (TPSA) is 132 Å². The van der Waals surface area contributed by atoms with Crippen molar-refractivity contribution in [2.24, 2.45) is 0 Å². The predicted molar refractivity (Wildman–Crippen MR) is 228 cm³/mol. The summed E-state index contributed by atoms with van der Waals surface area (Å²) >= 11 is 0. The number of aliphatic hydroxyl groups excluding tert-OH is 2. The molecule has 320 valence electrons. The third kappa shape index (κ3) is 41.6. The van der Waals surface area contributed by atoms with Gasteiger partial charge in [0.25, 0.3) is 0 Å². The molecule has 0 aromatic rings. The van der Waals surface area contributed by atoms with Gasteiger partial charge in [-0.1, -0.05) is 171 Å². The van der Waals surface area contributed by atoms with Crippen LogP contribution in [0.25, 0.3) is 0 Å². The Balaban J connectivity index is 4.22. The van der Waals surface area contributed by atoms with Crippen LogP contribution in [0.15, 0.2) is 60.8 Å². The first kappa shape index (κ1) is 53.2. The molecule has 0 amide bonds. The zero-order valence-corrected chi connectivity index (χ0v) is 35.8. The Bertz CT molecular complexity index is 1040. The highest BCUT2D eigenvalue weighted by Gasteiger charge is 2.26. The molecule has 3 N–H and O–H groups in total. The summed E-state index contributed by atoms with van der Waals surface area (Å²) in [5.41, 5.74) is 0. The van der Waals surface area contributed by atoms with Crippen LogP contribution in [0.5, 0.6) is 0 Å². The molecule has 55 heavy (non-hydrogen) atoms. The summed E-state index contributed by atoms with van der Waals surface area (Å²) < 4.78 is 33.3. The lowest BCUT2D eigenvalue weighted by atomic mass is 10.0. The number of hydrogen-bond acceptors (Lipinski definition) is 8. The SMILES string of the molecule is CC/C=C\C/C=C\C/C=C\C/C=C\C/C=C\CCCCCCOCC(COP(=O)(O)OCC(O)CO)OC(=O)CCCCCCCCCCCCCCCC. The minimum absolute atomic E-state index is 0.0315. The number of aliphatic hydroxyl groups is 2. The van der Waals surface area contributed by atoms with Gasteiger partial charge in [-0.25, -0.2) is 4.57 Å². The third-order valence-corrected chi connectivity index (χ3v) is 9.92. The number of esters is 1. The Morgan fingerprint density at radius 3 is 1.56 bits per heavy atom. The number of phosphoric ester groups is 1. The van der Waals surface area contributed by atoms with Crippen molar-refractivity contribution in [2.45, 2.75) is 187 Å². The number of allylic oxidation sites excluding steroid dienone is 10. The van der Waals surface area contributed by atoms with E-state index in [0.717, 1.165) is 83.5 Å². The van der Waals surface area contributed by atoms with Crippen LogP contribution < -0.4 is 0 Å². The molecule has 0 saturated heterocycles. The lowest BCUT2D eigenvalue weighted by Gasteiger charge is -2.20. The Kier molecular flexibility index (Phi) is 40.4. The van der Waals surface area contributed by atoms with Crippen molar-refractivity contribution in [2.75, 3.05) is 33.0 Å². The molecule has 0 saturated carbocycles. The second kappa shape index (κ2) is 41.8. The molecular formula is C45H81O9P. The van der Waals surface area contributed by atoms with Gasteiger partial charge in [0.05, 0.1) is 26.4 Å². The molecule has 0 aromatic carbocycles. The first-order valence-corrected chi connectivity index (χ1v) is 23.3. The predicted octanol–water partition coefficient (Wildman–Crippen LogP) is 12.0. The van der Waals surface area contributed by atoms with Crippen molar-refractivity contribution in [3.63, 3.8) is 0 Å². The highest BCUT2D eigenvalue weighted by molar-refractivity contribution is 7.47. The molecule has 0 aliphatic rings. The Hall–Kier alpha value is -1.84. The summed E-state index contributed by atoms with van der Waals surface area (Å²) in [4.78, 5) is 22.6. The first-order valence-electron chi connectivity index (χ1n) is 21.8. The summed E-state index contributed by atoms with van der Waals surface area (Å²) in [5, 5.41) is 18.3. The average Bonchev–Trinajstić information content (AvgIpc) is 3.18. The zero-order valence-electron chi connectivity index (χ0n) is 34.9. The van der Waals surface area contributed by atoms with Gasteiger partial charge >= 0.3 is 13.8 Å². The van der Waals surface area contributed by atoms with Crippen LogP contribution in [-0.4, -0.2) is 66.3 Å². The van der Waals surface area contributed by atoms with Gasteiger partial charge in [0.15, 0.2) is 0 Å². The van der Waals surface area contributed by atoms with Crippen LogP contribution in [0, 0.1) is 0 Å². The lowest BCUT2D eigenvalue weighted by Crippen LogP contribution is -2.29. The van der Waals surface area contributed by atoms with Gasteiger partial charge in [0.1, 0.15) is 12.2 Å². The Morgan fingerprint density at radius 2 is 1.04 bits per heavy atom. The number of rotatable bonds is 41. The second-order valence-electron chi connectivity index (χ2n) is 14.3. The summed E-state index contributed by atoms with van der Waals surface area (Å²) in [7, 11) is -4.52. The van der Waals surface area contributed by atoms with E-state index < -0.39 is 39.2 Å². The molecule has 0 heterocycles. The molecule has 0 aromatic heterocycles. The standard InChI is InChI=1S/C45H81O9P/c1-3-5-7-9-11-13-15-17-19-20-21-22-23-24-26-28-30-32-34-36-38-51-41-44(42-53-55(49,50)52-40-43(47)39-46)54-45(48)37-35-33-31-29-27-25-18-16-14-12-10-8-6-4-2/h5,7,11,13,17,19,21-22,24,26,43-44,46-47H,3-4,6,8-10,12,14-16,18,20,23,25,27-42H2,1-2H3,(H,49,50)/b7-5-,13-11-,19-17-,22-21-,26-24-. The van der Waals surface area contributed by atoms with Gasteiger partial charge in [-0.05, 0) is 57.8 Å². The Labute approximate surface area is 336 Å². The van der Waals surface area contributed by atoms with E-state index in [2.05, 4.69) is 74.6 Å². The molecule has 0 aliphatic carbocycles. The molecule has 0 aliphatic heterocycles. The zero-order chi connectivity index (χ0) is 40.3. The fourth-order valence-electron chi connectivity index (χ4n) is 5.68. The van der Waals surface area contributed by atoms with E-state index in [1.54, 1.807) is 0 Å². The van der Waals surface area contributed by atoms with Crippen molar-refractivity contribution >= 4 is 13.8 Å². The van der Waals surface area contributed by atoms with Crippen LogP contribution >= 0.6 is 7.82 Å². The normalized spacial score (nSPS) is 14.6.